The maximum Gasteiger partial charge on any atom is 0.312 e. The van der Waals surface area contributed by atoms with Crippen LogP contribution in [0.2, 0.25) is 10.0 Å². The van der Waals surface area contributed by atoms with Crippen LogP contribution in [0.5, 0.6) is 0 Å². The monoisotopic (exact) mass is 738 g/mol. The first-order valence-electron chi connectivity index (χ1n) is 12.4. The molecule has 1 atom stereocenters. The van der Waals surface area contributed by atoms with E-state index in [0.29, 0.717) is 49.6 Å². The second-order valence-electron chi connectivity index (χ2n) is 9.10. The number of ether oxygens (including phenoxy) is 2. The van der Waals surface area contributed by atoms with Crippen LogP contribution >= 0.6 is 85.2 Å². The molecule has 0 radical (unpaired) electrons. The van der Waals surface area contributed by atoms with Gasteiger partial charge in [0.2, 0.25) is 0 Å². The molecule has 0 saturated carbocycles. The number of hydrogen-bond donors (Lipinski definition) is 3. The Kier molecular flexibility index (Phi) is 22.4. The lowest BCUT2D eigenvalue weighted by Crippen LogP contribution is -2.32. The fraction of sp³-hybridized carbons (Fsp3) is 0.370. The first kappa shape index (κ1) is 43.6. The molecule has 0 bridgehead atoms. The number of rotatable bonds is 12. The summed E-state index contributed by atoms with van der Waals surface area (Å²) in [4.78, 5) is 12.9. The van der Waals surface area contributed by atoms with E-state index in [1.807, 2.05) is 30.3 Å². The summed E-state index contributed by atoms with van der Waals surface area (Å²) < 4.78 is 10.9. The van der Waals surface area contributed by atoms with E-state index >= 15 is 0 Å². The lowest BCUT2D eigenvalue weighted by molar-refractivity contribution is 0.0534. The number of carbonyl (C=O) groups is 1. The number of fused-ring (bicyclic) bond motifs is 1. The van der Waals surface area contributed by atoms with E-state index in [-0.39, 0.29) is 68.0 Å². The van der Waals surface area contributed by atoms with Crippen LogP contribution in [0.1, 0.15) is 22.6 Å². The third kappa shape index (κ3) is 13.2. The number of nitrogens with zero attached hydrogens (tertiary/aromatic N) is 3. The SMILES string of the molecule is CN1Cc2c(Cl)cc(Cl)cc2[C@H](c2cccc(-c3cc(NCCOCCOCCNC(N)=O)cnn3)c2)C1.Cl.Cl.Cl.Cl.Cl. The molecule has 1 aliphatic heterocycles. The standard InChI is InChI=1S/C27H32Cl2N6O3.5ClH/c1-35-16-23(22-12-20(28)13-25(29)24(22)17-35)18-3-2-4-19(11-18)26-14-21(15-33-34-26)31-5-7-37-9-10-38-8-6-32-27(30)36;;;;;/h2-4,11-15,23H,5-10,16-17H2,1H3,(H,31,34)(H3,30,32,36);5*1H/t23-;;;;;/m0...../s1. The first-order chi connectivity index (χ1) is 18.4. The van der Waals surface area contributed by atoms with Crippen molar-refractivity contribution >= 4 is 97.0 Å². The van der Waals surface area contributed by atoms with Gasteiger partial charge in [-0.1, -0.05) is 41.4 Å². The zero-order valence-electron chi connectivity index (χ0n) is 23.3. The lowest BCUT2D eigenvalue weighted by atomic mass is 9.84. The highest BCUT2D eigenvalue weighted by Crippen LogP contribution is 2.39. The van der Waals surface area contributed by atoms with E-state index in [1.165, 1.54) is 11.1 Å². The zero-order valence-corrected chi connectivity index (χ0v) is 28.9. The van der Waals surface area contributed by atoms with Gasteiger partial charge in [-0.2, -0.15) is 10.2 Å². The number of urea groups is 1. The van der Waals surface area contributed by atoms with Gasteiger partial charge in [-0.15, -0.1) is 62.0 Å². The number of anilines is 1. The second-order valence-corrected chi connectivity index (χ2v) is 9.95. The molecule has 1 aromatic heterocycles. The molecule has 16 heteroatoms. The van der Waals surface area contributed by atoms with Crippen molar-refractivity contribution in [2.75, 3.05) is 58.4 Å². The van der Waals surface area contributed by atoms with Crippen LogP contribution in [-0.2, 0) is 16.0 Å². The van der Waals surface area contributed by atoms with Crippen LogP contribution in [0.3, 0.4) is 0 Å². The fourth-order valence-electron chi connectivity index (χ4n) is 4.49. The van der Waals surface area contributed by atoms with Crippen LogP contribution in [0.25, 0.3) is 11.3 Å². The molecule has 43 heavy (non-hydrogen) atoms. The van der Waals surface area contributed by atoms with Crippen LogP contribution in [-0.4, -0.2) is 74.2 Å². The van der Waals surface area contributed by atoms with E-state index in [1.54, 1.807) is 6.20 Å². The minimum absolute atomic E-state index is 0. The Bertz CT molecular complexity index is 1260. The van der Waals surface area contributed by atoms with Gasteiger partial charge in [0.1, 0.15) is 0 Å². The van der Waals surface area contributed by atoms with Crippen molar-refractivity contribution in [2.24, 2.45) is 5.73 Å². The molecule has 2 heterocycles. The maximum atomic E-state index is 10.6. The summed E-state index contributed by atoms with van der Waals surface area (Å²) in [6.45, 7) is 4.46. The molecule has 3 aromatic rings. The molecule has 242 valence electrons. The van der Waals surface area contributed by atoms with E-state index in [4.69, 9.17) is 38.4 Å². The topological polar surface area (TPSA) is 115 Å². The number of benzene rings is 2. The van der Waals surface area contributed by atoms with E-state index in [0.717, 1.165) is 35.6 Å². The van der Waals surface area contributed by atoms with Gasteiger partial charge in [-0.25, -0.2) is 4.79 Å². The largest absolute Gasteiger partial charge is 0.381 e. The number of hydrogen-bond acceptors (Lipinski definition) is 7. The fourth-order valence-corrected chi connectivity index (χ4v) is 5.05. The van der Waals surface area contributed by atoms with Crippen LogP contribution < -0.4 is 16.4 Å². The number of nitrogens with two attached hydrogens (primary N) is 1. The van der Waals surface area contributed by atoms with Crippen molar-refractivity contribution in [1.82, 2.24) is 20.4 Å². The zero-order chi connectivity index (χ0) is 26.9. The molecule has 0 saturated heterocycles. The highest BCUT2D eigenvalue weighted by Gasteiger charge is 2.27. The maximum absolute atomic E-state index is 10.6. The molecule has 0 unspecified atom stereocenters. The summed E-state index contributed by atoms with van der Waals surface area (Å²) in [6.07, 6.45) is 1.69. The van der Waals surface area contributed by atoms with Gasteiger partial charge in [-0.05, 0) is 48.0 Å². The van der Waals surface area contributed by atoms with Crippen molar-refractivity contribution < 1.29 is 14.3 Å². The number of amides is 2. The summed E-state index contributed by atoms with van der Waals surface area (Å²) in [5.74, 6) is 0.148. The van der Waals surface area contributed by atoms with Gasteiger partial charge in [0.05, 0.1) is 44.0 Å². The van der Waals surface area contributed by atoms with Crippen molar-refractivity contribution in [1.29, 1.82) is 0 Å². The van der Waals surface area contributed by atoms with Crippen LogP contribution in [0.15, 0.2) is 48.7 Å². The van der Waals surface area contributed by atoms with Gasteiger partial charge in [0.15, 0.2) is 0 Å². The summed E-state index contributed by atoms with van der Waals surface area (Å²) in [6, 6.07) is 13.7. The third-order valence-corrected chi connectivity index (χ3v) is 6.78. The second kappa shape index (κ2) is 22.1. The quantitative estimate of drug-likeness (QED) is 0.188. The molecular weight excluding hydrogens is 705 g/mol. The number of likely N-dealkylation sites (N-methyl/N-ethyl adjacent to an activating group) is 1. The number of halogens is 7. The smallest absolute Gasteiger partial charge is 0.312 e. The first-order valence-corrected chi connectivity index (χ1v) is 13.2. The Balaban J connectivity index is 0. The molecule has 0 aliphatic carbocycles. The minimum atomic E-state index is -0.559. The molecule has 0 fully saturated rings. The van der Waals surface area contributed by atoms with E-state index in [9.17, 15) is 4.79 Å². The molecule has 4 rings (SSSR count). The average molecular weight is 742 g/mol. The normalized spacial score (nSPS) is 13.4. The summed E-state index contributed by atoms with van der Waals surface area (Å²) in [7, 11) is 2.10. The highest BCUT2D eigenvalue weighted by molar-refractivity contribution is 6.35. The molecule has 2 aromatic carbocycles. The molecular formula is C27H37Cl7N6O3. The Morgan fingerprint density at radius 2 is 1.70 bits per heavy atom. The Morgan fingerprint density at radius 3 is 2.40 bits per heavy atom. The predicted octanol–water partition coefficient (Wildman–Crippen LogP) is 6.25. The molecule has 0 spiro atoms. The number of aromatic nitrogens is 2. The van der Waals surface area contributed by atoms with E-state index in [2.05, 4.69) is 44.9 Å². The van der Waals surface area contributed by atoms with Crippen molar-refractivity contribution in [2.45, 2.75) is 12.5 Å². The van der Waals surface area contributed by atoms with E-state index < -0.39 is 6.03 Å². The van der Waals surface area contributed by atoms with Gasteiger partial charge in [0.25, 0.3) is 0 Å². The van der Waals surface area contributed by atoms with Crippen molar-refractivity contribution in [3.63, 3.8) is 0 Å². The number of nitrogens with one attached hydrogen (secondary N) is 2. The summed E-state index contributed by atoms with van der Waals surface area (Å²) in [5.41, 5.74) is 11.1. The Labute approximate surface area is 293 Å². The Morgan fingerprint density at radius 1 is 1.00 bits per heavy atom. The summed E-state index contributed by atoms with van der Waals surface area (Å²) >= 11 is 12.9. The number of carbonyl (C=O) groups excluding carboxylic acids is 1. The van der Waals surface area contributed by atoms with Gasteiger partial charge in [0, 0.05) is 47.7 Å². The number of primary amides is 1. The van der Waals surface area contributed by atoms with Gasteiger partial charge < -0.3 is 30.7 Å². The van der Waals surface area contributed by atoms with Gasteiger partial charge >= 0.3 is 6.03 Å². The van der Waals surface area contributed by atoms with Crippen LogP contribution in [0, 0.1) is 0 Å². The van der Waals surface area contributed by atoms with Crippen molar-refractivity contribution in [3.05, 3.63) is 75.4 Å². The highest BCUT2D eigenvalue weighted by atomic mass is 35.5. The van der Waals surface area contributed by atoms with Gasteiger partial charge in [-0.3, -0.25) is 0 Å². The Hall–Kier alpha value is -1.50. The average Bonchev–Trinajstić information content (AvgIpc) is 2.90. The molecule has 2 amide bonds. The predicted molar refractivity (Wildman–Crippen MR) is 186 cm³/mol. The van der Waals surface area contributed by atoms with Crippen LogP contribution in [0.4, 0.5) is 10.5 Å². The molecule has 9 nitrogen and oxygen atoms in total. The third-order valence-electron chi connectivity index (χ3n) is 6.22. The summed E-state index contributed by atoms with van der Waals surface area (Å²) in [5, 5.41) is 15.7. The van der Waals surface area contributed by atoms with Crippen molar-refractivity contribution in [3.8, 4) is 11.3 Å². The minimum Gasteiger partial charge on any atom is -0.381 e. The lowest BCUT2D eigenvalue weighted by Gasteiger charge is -2.33. The molecule has 4 N–H and O–H groups in total. The molecule has 1 aliphatic rings.